The number of pyridine rings is 1. The summed E-state index contributed by atoms with van der Waals surface area (Å²) in [7, 11) is 0. The lowest BCUT2D eigenvalue weighted by Gasteiger charge is -2.35. The SMILES string of the molecule is CCc1cnc2[nH]c(-c3ccc(C#N)cc3)cc2c1C1CCCCC(C)(C2=CCC(C)C(C)C(c3ccc(OC(F)F)cc3)=N2)CC1. The molecule has 244 valence electrons. The highest BCUT2D eigenvalue weighted by molar-refractivity contribution is 6.03. The van der Waals surface area contributed by atoms with Crippen molar-refractivity contribution in [2.75, 3.05) is 0 Å². The zero-order valence-electron chi connectivity index (χ0n) is 27.8. The smallest absolute Gasteiger partial charge is 0.387 e. The highest BCUT2D eigenvalue weighted by Gasteiger charge is 2.35. The summed E-state index contributed by atoms with van der Waals surface area (Å²) < 4.78 is 30.2. The fraction of sp³-hybridized carbons (Fsp3) is 0.425. The summed E-state index contributed by atoms with van der Waals surface area (Å²) in [5, 5.41) is 10.4. The summed E-state index contributed by atoms with van der Waals surface area (Å²) in [6.07, 6.45) is 12.9. The maximum absolute atomic E-state index is 12.8. The second kappa shape index (κ2) is 13.8. The van der Waals surface area contributed by atoms with Crippen molar-refractivity contribution in [3.63, 3.8) is 0 Å². The van der Waals surface area contributed by atoms with Gasteiger partial charge in [0.1, 0.15) is 11.4 Å². The van der Waals surface area contributed by atoms with Crippen molar-refractivity contribution in [2.45, 2.75) is 91.6 Å². The van der Waals surface area contributed by atoms with Gasteiger partial charge in [0.2, 0.25) is 0 Å². The molecule has 7 heteroatoms. The molecule has 1 aliphatic carbocycles. The molecule has 0 radical (unpaired) electrons. The van der Waals surface area contributed by atoms with Crippen molar-refractivity contribution >= 4 is 16.7 Å². The van der Waals surface area contributed by atoms with Gasteiger partial charge < -0.3 is 9.72 Å². The zero-order valence-corrected chi connectivity index (χ0v) is 27.8. The second-order valence-electron chi connectivity index (χ2n) is 13.7. The molecule has 1 saturated carbocycles. The van der Waals surface area contributed by atoms with Crippen LogP contribution in [-0.2, 0) is 6.42 Å². The molecule has 2 aromatic carbocycles. The fourth-order valence-corrected chi connectivity index (χ4v) is 7.56. The third-order valence-corrected chi connectivity index (χ3v) is 10.7. The van der Waals surface area contributed by atoms with Crippen LogP contribution in [0.2, 0.25) is 0 Å². The topological polar surface area (TPSA) is 74.1 Å². The molecule has 0 bridgehead atoms. The van der Waals surface area contributed by atoms with Crippen LogP contribution in [0.5, 0.6) is 5.75 Å². The number of aliphatic imine (C=N–C) groups is 1. The predicted octanol–water partition coefficient (Wildman–Crippen LogP) is 10.8. The highest BCUT2D eigenvalue weighted by atomic mass is 19.3. The molecule has 0 spiro atoms. The van der Waals surface area contributed by atoms with Crippen LogP contribution < -0.4 is 4.74 Å². The van der Waals surface area contributed by atoms with Gasteiger partial charge in [0, 0.05) is 34.3 Å². The Bertz CT molecular complexity index is 1820. The first-order valence-electron chi connectivity index (χ1n) is 17.0. The number of hydrogen-bond acceptors (Lipinski definition) is 4. The first kappa shape index (κ1) is 32.6. The lowest BCUT2D eigenvalue weighted by molar-refractivity contribution is -0.0498. The van der Waals surface area contributed by atoms with Crippen LogP contribution in [-0.4, -0.2) is 22.3 Å². The molecule has 1 fully saturated rings. The number of nitrogens with one attached hydrogen (secondary N) is 1. The number of H-pyrrole nitrogens is 1. The number of benzene rings is 2. The van der Waals surface area contributed by atoms with E-state index in [4.69, 9.17) is 9.98 Å². The number of nitrogens with zero attached hydrogens (tertiary/aromatic N) is 3. The van der Waals surface area contributed by atoms with Gasteiger partial charge in [-0.3, -0.25) is 4.99 Å². The highest BCUT2D eigenvalue weighted by Crippen LogP contribution is 2.47. The van der Waals surface area contributed by atoms with E-state index in [0.29, 0.717) is 17.4 Å². The van der Waals surface area contributed by atoms with Crippen molar-refractivity contribution in [1.82, 2.24) is 9.97 Å². The third-order valence-electron chi connectivity index (χ3n) is 10.7. The number of aromatic nitrogens is 2. The maximum Gasteiger partial charge on any atom is 0.387 e. The molecule has 2 aliphatic rings. The van der Waals surface area contributed by atoms with Crippen LogP contribution in [0, 0.1) is 28.6 Å². The largest absolute Gasteiger partial charge is 0.435 e. The Labute approximate surface area is 276 Å². The monoisotopic (exact) mass is 634 g/mol. The fourth-order valence-electron chi connectivity index (χ4n) is 7.56. The van der Waals surface area contributed by atoms with Gasteiger partial charge in [-0.1, -0.05) is 58.7 Å². The van der Waals surface area contributed by atoms with Gasteiger partial charge in [0.05, 0.1) is 17.3 Å². The number of alkyl halides is 2. The van der Waals surface area contributed by atoms with Gasteiger partial charge in [-0.25, -0.2) is 4.98 Å². The lowest BCUT2D eigenvalue weighted by Crippen LogP contribution is -2.24. The van der Waals surface area contributed by atoms with E-state index in [1.54, 1.807) is 12.1 Å². The third kappa shape index (κ3) is 6.88. The van der Waals surface area contributed by atoms with Crippen molar-refractivity contribution < 1.29 is 13.5 Å². The Kier molecular flexibility index (Phi) is 9.59. The van der Waals surface area contributed by atoms with E-state index in [0.717, 1.165) is 85.2 Å². The molecule has 0 saturated heterocycles. The van der Waals surface area contributed by atoms with E-state index in [2.05, 4.69) is 61.8 Å². The Morgan fingerprint density at radius 2 is 1.77 bits per heavy atom. The van der Waals surface area contributed by atoms with E-state index in [1.165, 1.54) is 16.5 Å². The van der Waals surface area contributed by atoms with Crippen molar-refractivity contribution in [3.8, 4) is 23.1 Å². The second-order valence-corrected chi connectivity index (χ2v) is 13.7. The minimum Gasteiger partial charge on any atom is -0.435 e. The number of rotatable bonds is 7. The van der Waals surface area contributed by atoms with Crippen LogP contribution in [0.3, 0.4) is 0 Å². The van der Waals surface area contributed by atoms with Gasteiger partial charge in [0.15, 0.2) is 0 Å². The van der Waals surface area contributed by atoms with E-state index in [-0.39, 0.29) is 17.1 Å². The van der Waals surface area contributed by atoms with Gasteiger partial charge in [-0.05, 0) is 115 Å². The molecule has 4 atom stereocenters. The molecule has 2 aromatic heterocycles. The lowest BCUT2D eigenvalue weighted by atomic mass is 9.71. The number of allylic oxidation sites excluding steroid dienone is 2. The van der Waals surface area contributed by atoms with E-state index < -0.39 is 6.61 Å². The molecular formula is C40H44F2N4O. The maximum atomic E-state index is 12.8. The summed E-state index contributed by atoms with van der Waals surface area (Å²) in [5.41, 5.74) is 9.44. The number of hydrogen-bond donors (Lipinski definition) is 1. The van der Waals surface area contributed by atoms with E-state index >= 15 is 0 Å². The van der Waals surface area contributed by atoms with Crippen LogP contribution in [0.25, 0.3) is 22.3 Å². The number of halogens is 2. The first-order valence-corrected chi connectivity index (χ1v) is 17.0. The molecule has 1 N–H and O–H groups in total. The van der Waals surface area contributed by atoms with E-state index in [1.807, 2.05) is 36.4 Å². The average Bonchev–Trinajstić information content (AvgIpc) is 3.44. The van der Waals surface area contributed by atoms with Crippen molar-refractivity contribution in [3.05, 3.63) is 94.8 Å². The van der Waals surface area contributed by atoms with Crippen LogP contribution >= 0.6 is 0 Å². The zero-order chi connectivity index (χ0) is 33.1. The number of fused-ring (bicyclic) bond motifs is 1. The minimum atomic E-state index is -2.84. The standard InChI is InChI=1S/C40H44F2N4O/c1-5-28-24-44-38-33(22-34(45-38)29-12-10-27(23-43)11-13-29)36(28)30-8-6-7-20-40(4,21-19-30)35-18-9-25(2)26(3)37(46-35)31-14-16-32(17-15-31)47-39(41)42/h10-18,22,24-26,30,39H,5-9,19-21H2,1-4H3,(H,44,45). The summed E-state index contributed by atoms with van der Waals surface area (Å²) in [4.78, 5) is 13.8. The van der Waals surface area contributed by atoms with Crippen LogP contribution in [0.4, 0.5) is 8.78 Å². The van der Waals surface area contributed by atoms with Gasteiger partial charge in [-0.2, -0.15) is 14.0 Å². The van der Waals surface area contributed by atoms with Crippen LogP contribution in [0.15, 0.2) is 77.6 Å². The Balaban J connectivity index is 1.31. The number of nitriles is 1. The quantitative estimate of drug-likeness (QED) is 0.220. The number of aryl methyl sites for hydroxylation is 1. The Morgan fingerprint density at radius 1 is 1.02 bits per heavy atom. The van der Waals surface area contributed by atoms with E-state index in [9.17, 15) is 14.0 Å². The number of ether oxygens (including phenoxy) is 1. The van der Waals surface area contributed by atoms with Gasteiger partial charge >= 0.3 is 6.61 Å². The van der Waals surface area contributed by atoms with Gasteiger partial charge in [-0.15, -0.1) is 0 Å². The summed E-state index contributed by atoms with van der Waals surface area (Å²) in [6, 6.07) is 19.1. The normalized spacial score (nSPS) is 23.7. The summed E-state index contributed by atoms with van der Waals surface area (Å²) in [6.45, 7) is 6.27. The van der Waals surface area contributed by atoms with Gasteiger partial charge in [0.25, 0.3) is 0 Å². The molecule has 3 heterocycles. The molecule has 4 aromatic rings. The van der Waals surface area contributed by atoms with Crippen molar-refractivity contribution in [1.29, 1.82) is 5.26 Å². The molecule has 1 aliphatic heterocycles. The molecule has 0 amide bonds. The molecule has 5 nitrogen and oxygen atoms in total. The summed E-state index contributed by atoms with van der Waals surface area (Å²) in [5.74, 6) is 1.21. The molecular weight excluding hydrogens is 590 g/mol. The Hall–Kier alpha value is -4.31. The number of aromatic amines is 1. The van der Waals surface area contributed by atoms with Crippen LogP contribution in [0.1, 0.15) is 101 Å². The minimum absolute atomic E-state index is 0.0727. The average molecular weight is 635 g/mol. The molecule has 4 unspecified atom stereocenters. The predicted molar refractivity (Wildman–Crippen MR) is 185 cm³/mol. The summed E-state index contributed by atoms with van der Waals surface area (Å²) >= 11 is 0. The Morgan fingerprint density at radius 3 is 2.47 bits per heavy atom. The molecule has 47 heavy (non-hydrogen) atoms. The molecule has 6 rings (SSSR count). The first-order chi connectivity index (χ1) is 22.7. The van der Waals surface area contributed by atoms with Crippen molar-refractivity contribution in [2.24, 2.45) is 22.2 Å².